The molecule has 0 saturated heterocycles. The standard InChI is InChI=1S/C24H23N7O4S2/c1-4-6-20-28-29-23(37-20)27-22(33)16(12-25)9-15-7-8-18(19(10-15)34-5-2)35-13-17-11-21(32)31-24(26-17)36-14(3)30-31/h7-11H,4-6,13H2,1-3H3,(H,27,29,33). The number of fused-ring (bicyclic) bond motifs is 1. The Labute approximate surface area is 220 Å². The minimum atomic E-state index is -0.578. The van der Waals surface area contributed by atoms with Crippen molar-refractivity contribution in [1.82, 2.24) is 24.8 Å². The summed E-state index contributed by atoms with van der Waals surface area (Å²) >= 11 is 2.60. The second-order valence-electron chi connectivity index (χ2n) is 7.70. The summed E-state index contributed by atoms with van der Waals surface area (Å²) in [4.78, 5) is 29.8. The number of carbonyl (C=O) groups excluding carboxylic acids is 1. The number of aromatic nitrogens is 5. The maximum absolute atomic E-state index is 12.6. The van der Waals surface area contributed by atoms with E-state index in [-0.39, 0.29) is 17.7 Å². The van der Waals surface area contributed by atoms with Crippen LogP contribution in [0, 0.1) is 18.3 Å². The van der Waals surface area contributed by atoms with Crippen LogP contribution in [-0.2, 0) is 17.8 Å². The van der Waals surface area contributed by atoms with E-state index in [1.54, 1.807) is 25.1 Å². The smallest absolute Gasteiger partial charge is 0.275 e. The van der Waals surface area contributed by atoms with E-state index in [4.69, 9.17) is 9.47 Å². The molecule has 0 fully saturated rings. The highest BCUT2D eigenvalue weighted by Crippen LogP contribution is 2.30. The largest absolute Gasteiger partial charge is 0.490 e. The zero-order valence-electron chi connectivity index (χ0n) is 20.3. The molecular weight excluding hydrogens is 514 g/mol. The maximum Gasteiger partial charge on any atom is 0.275 e. The van der Waals surface area contributed by atoms with Gasteiger partial charge in [-0.15, -0.1) is 10.2 Å². The molecule has 0 bridgehead atoms. The monoisotopic (exact) mass is 537 g/mol. The summed E-state index contributed by atoms with van der Waals surface area (Å²) < 4.78 is 12.9. The van der Waals surface area contributed by atoms with E-state index in [0.29, 0.717) is 39.5 Å². The molecule has 0 atom stereocenters. The van der Waals surface area contributed by atoms with Crippen molar-refractivity contribution in [2.24, 2.45) is 0 Å². The molecule has 37 heavy (non-hydrogen) atoms. The fourth-order valence-corrected chi connectivity index (χ4v) is 4.88. The molecule has 1 aromatic carbocycles. The lowest BCUT2D eigenvalue weighted by Crippen LogP contribution is -2.16. The van der Waals surface area contributed by atoms with Crippen LogP contribution in [0.1, 0.15) is 41.5 Å². The van der Waals surface area contributed by atoms with Gasteiger partial charge in [-0.05, 0) is 44.0 Å². The number of carbonyl (C=O) groups is 1. The Bertz CT molecular complexity index is 1570. The number of nitriles is 1. The summed E-state index contributed by atoms with van der Waals surface area (Å²) in [5.41, 5.74) is 0.656. The van der Waals surface area contributed by atoms with Gasteiger partial charge in [-0.3, -0.25) is 14.9 Å². The molecule has 1 amide bonds. The van der Waals surface area contributed by atoms with Gasteiger partial charge in [-0.2, -0.15) is 14.9 Å². The third-order valence-electron chi connectivity index (χ3n) is 4.87. The van der Waals surface area contributed by atoms with Gasteiger partial charge in [-0.1, -0.05) is 35.7 Å². The highest BCUT2D eigenvalue weighted by molar-refractivity contribution is 7.16. The highest BCUT2D eigenvalue weighted by atomic mass is 32.1. The number of aryl methyl sites for hydroxylation is 2. The quantitative estimate of drug-likeness (QED) is 0.236. The molecule has 3 heterocycles. The van der Waals surface area contributed by atoms with E-state index >= 15 is 0 Å². The van der Waals surface area contributed by atoms with Crippen LogP contribution in [-0.4, -0.2) is 37.3 Å². The number of ether oxygens (including phenoxy) is 2. The summed E-state index contributed by atoms with van der Waals surface area (Å²) in [6.07, 6.45) is 3.15. The van der Waals surface area contributed by atoms with Gasteiger partial charge in [0.2, 0.25) is 10.1 Å². The van der Waals surface area contributed by atoms with E-state index in [2.05, 4.69) is 25.6 Å². The van der Waals surface area contributed by atoms with Crippen molar-refractivity contribution in [3.8, 4) is 17.6 Å². The van der Waals surface area contributed by atoms with Crippen LogP contribution >= 0.6 is 22.7 Å². The van der Waals surface area contributed by atoms with Crippen LogP contribution in [0.5, 0.6) is 11.5 Å². The Balaban J connectivity index is 1.51. The Morgan fingerprint density at radius 1 is 1.19 bits per heavy atom. The molecule has 0 aliphatic carbocycles. The van der Waals surface area contributed by atoms with E-state index in [1.165, 1.54) is 39.3 Å². The minimum absolute atomic E-state index is 0.0473. The van der Waals surface area contributed by atoms with Crippen molar-refractivity contribution in [3.05, 3.63) is 61.5 Å². The molecule has 4 aromatic rings. The topological polar surface area (TPSA) is 144 Å². The van der Waals surface area contributed by atoms with E-state index in [0.717, 1.165) is 22.9 Å². The molecule has 3 aromatic heterocycles. The number of rotatable bonds is 10. The fourth-order valence-electron chi connectivity index (χ4n) is 3.28. The van der Waals surface area contributed by atoms with Gasteiger partial charge in [0.15, 0.2) is 11.5 Å². The Morgan fingerprint density at radius 2 is 2.03 bits per heavy atom. The van der Waals surface area contributed by atoms with Crippen LogP contribution in [0.2, 0.25) is 0 Å². The summed E-state index contributed by atoms with van der Waals surface area (Å²) in [6.45, 7) is 6.09. The molecule has 11 nitrogen and oxygen atoms in total. The predicted molar refractivity (Wildman–Crippen MR) is 140 cm³/mol. The van der Waals surface area contributed by atoms with Gasteiger partial charge in [0.1, 0.15) is 28.3 Å². The third-order valence-corrected chi connectivity index (χ3v) is 6.59. The van der Waals surface area contributed by atoms with Gasteiger partial charge in [0.25, 0.3) is 11.5 Å². The molecule has 0 saturated carbocycles. The van der Waals surface area contributed by atoms with Gasteiger partial charge >= 0.3 is 0 Å². The number of hydrogen-bond acceptors (Lipinski definition) is 11. The second-order valence-corrected chi connectivity index (χ2v) is 9.93. The molecule has 1 N–H and O–H groups in total. The van der Waals surface area contributed by atoms with Gasteiger partial charge in [-0.25, -0.2) is 4.98 Å². The summed E-state index contributed by atoms with van der Waals surface area (Å²) in [7, 11) is 0. The van der Waals surface area contributed by atoms with Crippen molar-refractivity contribution in [2.75, 3.05) is 11.9 Å². The number of anilines is 1. The van der Waals surface area contributed by atoms with E-state index < -0.39 is 5.91 Å². The predicted octanol–water partition coefficient (Wildman–Crippen LogP) is 3.79. The van der Waals surface area contributed by atoms with Gasteiger partial charge in [0.05, 0.1) is 12.3 Å². The summed E-state index contributed by atoms with van der Waals surface area (Å²) in [5, 5.41) is 26.2. The Morgan fingerprint density at radius 3 is 2.78 bits per heavy atom. The van der Waals surface area contributed by atoms with Crippen molar-refractivity contribution < 1.29 is 14.3 Å². The minimum Gasteiger partial charge on any atom is -0.490 e. The number of hydrogen-bond donors (Lipinski definition) is 1. The number of nitrogens with zero attached hydrogens (tertiary/aromatic N) is 6. The first-order valence-corrected chi connectivity index (χ1v) is 13.0. The SMILES string of the molecule is CCCc1nnc(NC(=O)C(C#N)=Cc2ccc(OCc3cc(=O)n4nc(C)sc4n3)c(OCC)c2)s1. The highest BCUT2D eigenvalue weighted by Gasteiger charge is 2.14. The first-order chi connectivity index (χ1) is 17.9. The molecule has 0 spiro atoms. The van der Waals surface area contributed by atoms with Crippen molar-refractivity contribution in [2.45, 2.75) is 40.2 Å². The summed E-state index contributed by atoms with van der Waals surface area (Å²) in [6, 6.07) is 8.35. The average Bonchev–Trinajstić information content (AvgIpc) is 3.48. The zero-order chi connectivity index (χ0) is 26.4. The lowest BCUT2D eigenvalue weighted by molar-refractivity contribution is -0.112. The number of benzene rings is 1. The first-order valence-electron chi connectivity index (χ1n) is 11.4. The summed E-state index contributed by atoms with van der Waals surface area (Å²) in [5.74, 6) is 0.279. The van der Waals surface area contributed by atoms with E-state index in [1.807, 2.05) is 19.9 Å². The lowest BCUT2D eigenvalue weighted by atomic mass is 10.1. The third kappa shape index (κ3) is 6.35. The Kier molecular flexibility index (Phi) is 8.22. The normalized spacial score (nSPS) is 11.4. The van der Waals surface area contributed by atoms with Crippen LogP contribution < -0.4 is 20.3 Å². The molecule has 0 radical (unpaired) electrons. The maximum atomic E-state index is 12.6. The molecule has 0 unspecified atom stereocenters. The average molecular weight is 538 g/mol. The van der Waals surface area contributed by atoms with Crippen LogP contribution in [0.15, 0.2) is 34.6 Å². The zero-order valence-corrected chi connectivity index (χ0v) is 22.0. The van der Waals surface area contributed by atoms with Gasteiger partial charge in [0, 0.05) is 12.5 Å². The van der Waals surface area contributed by atoms with Crippen LogP contribution in [0.4, 0.5) is 5.13 Å². The molecule has 13 heteroatoms. The first kappa shape index (κ1) is 25.9. The van der Waals surface area contributed by atoms with Crippen LogP contribution in [0.3, 0.4) is 0 Å². The lowest BCUT2D eigenvalue weighted by Gasteiger charge is -2.12. The van der Waals surface area contributed by atoms with Crippen molar-refractivity contribution in [3.63, 3.8) is 0 Å². The van der Waals surface area contributed by atoms with Crippen LogP contribution in [0.25, 0.3) is 11.0 Å². The van der Waals surface area contributed by atoms with Crippen molar-refractivity contribution in [1.29, 1.82) is 5.26 Å². The Hall–Kier alpha value is -4.15. The molecule has 0 aliphatic rings. The number of nitrogens with one attached hydrogen (secondary N) is 1. The molecule has 190 valence electrons. The van der Waals surface area contributed by atoms with E-state index in [9.17, 15) is 14.9 Å². The molecular formula is C24H23N7O4S2. The second kappa shape index (κ2) is 11.7. The molecule has 0 aliphatic heterocycles. The number of amides is 1. The molecule has 4 rings (SSSR count). The van der Waals surface area contributed by atoms with Gasteiger partial charge < -0.3 is 9.47 Å². The van der Waals surface area contributed by atoms with Crippen molar-refractivity contribution >= 4 is 44.7 Å². The fraction of sp³-hybridized carbons (Fsp3) is 0.292.